The molecule has 0 radical (unpaired) electrons. The fourth-order valence-electron chi connectivity index (χ4n) is 13.1. The van der Waals surface area contributed by atoms with Gasteiger partial charge < -0.3 is 33.8 Å². The molecule has 0 aliphatic rings. The molecule has 103 heavy (non-hydrogen) atoms. The lowest BCUT2D eigenvalue weighted by Crippen LogP contribution is -2.30. The highest BCUT2D eigenvalue weighted by atomic mass is 31.2. The van der Waals surface area contributed by atoms with Crippen LogP contribution in [0.15, 0.2) is 0 Å². The van der Waals surface area contributed by atoms with Gasteiger partial charge in [-0.15, -0.1) is 0 Å². The second-order valence-corrected chi connectivity index (χ2v) is 33.6. The zero-order chi connectivity index (χ0) is 75.5. The number of esters is 4. The van der Waals surface area contributed by atoms with Gasteiger partial charge >= 0.3 is 39.5 Å². The zero-order valence-electron chi connectivity index (χ0n) is 67.5. The first-order valence-corrected chi connectivity index (χ1v) is 46.6. The van der Waals surface area contributed by atoms with Crippen LogP contribution in [0.1, 0.15) is 452 Å². The highest BCUT2D eigenvalue weighted by Gasteiger charge is 2.30. The topological polar surface area (TPSA) is 237 Å². The number of ether oxygens (including phenoxy) is 4. The van der Waals surface area contributed by atoms with Gasteiger partial charge in [0.1, 0.15) is 19.3 Å². The van der Waals surface area contributed by atoms with Crippen molar-refractivity contribution in [2.75, 3.05) is 39.6 Å². The lowest BCUT2D eigenvalue weighted by atomic mass is 10.0. The molecule has 0 aliphatic heterocycles. The Hall–Kier alpha value is -1.94. The van der Waals surface area contributed by atoms with Gasteiger partial charge in [0, 0.05) is 25.7 Å². The third-order valence-corrected chi connectivity index (χ3v) is 21.7. The molecule has 19 heteroatoms. The quantitative estimate of drug-likeness (QED) is 0.0222. The van der Waals surface area contributed by atoms with Gasteiger partial charge in [-0.1, -0.05) is 401 Å². The molecule has 0 saturated heterocycles. The minimum atomic E-state index is -4.96. The maximum Gasteiger partial charge on any atom is 0.472 e. The van der Waals surface area contributed by atoms with Crippen LogP contribution >= 0.6 is 15.6 Å². The Morgan fingerprint density at radius 2 is 0.447 bits per heavy atom. The number of rotatable bonds is 84. The van der Waals surface area contributed by atoms with E-state index in [1.807, 2.05) is 0 Å². The average molecular weight is 1510 g/mol. The molecular formula is C84H164O17P2. The summed E-state index contributed by atoms with van der Waals surface area (Å²) in [4.78, 5) is 73.1. The first kappa shape index (κ1) is 101. The summed E-state index contributed by atoms with van der Waals surface area (Å²) >= 11 is 0. The molecule has 0 fully saturated rings. The summed E-state index contributed by atoms with van der Waals surface area (Å²) in [6, 6.07) is 0. The van der Waals surface area contributed by atoms with Crippen LogP contribution in [0, 0.1) is 5.92 Å². The first-order valence-electron chi connectivity index (χ1n) is 43.6. The standard InChI is InChI=1S/C84H164O17P2/c1-6-9-12-15-18-21-24-26-27-28-29-30-31-32-33-36-40-45-50-55-60-65-70-84(89)101-80(74-95-82(87)68-63-58-53-48-44-39-37-34-35-38-42-46-51-56-61-66-77(4)5)76-99-103(92,93)97-72-78(85)71-96-102(90,91)98-75-79(73-94-81(86)67-62-57-52-47-41-23-20-17-14-11-8-3)100-83(88)69-64-59-54-49-43-25-22-19-16-13-10-7-2/h77-80,85H,6-76H2,1-5H3,(H,90,91)(H,92,93)/t78-,79+,80+/m0/s1. The molecule has 3 N–H and O–H groups in total. The summed E-state index contributed by atoms with van der Waals surface area (Å²) in [5, 5.41) is 10.7. The zero-order valence-corrected chi connectivity index (χ0v) is 69.3. The van der Waals surface area contributed by atoms with Crippen molar-refractivity contribution in [1.29, 1.82) is 0 Å². The molecule has 0 amide bonds. The molecule has 2 unspecified atom stereocenters. The van der Waals surface area contributed by atoms with Gasteiger partial charge in [-0.3, -0.25) is 37.3 Å². The van der Waals surface area contributed by atoms with E-state index < -0.39 is 97.5 Å². The van der Waals surface area contributed by atoms with Crippen LogP contribution in [0.4, 0.5) is 0 Å². The monoisotopic (exact) mass is 1510 g/mol. The number of phosphoric acid groups is 2. The maximum atomic E-state index is 13.1. The highest BCUT2D eigenvalue weighted by molar-refractivity contribution is 7.47. The summed E-state index contributed by atoms with van der Waals surface area (Å²) in [6.45, 7) is 7.37. The van der Waals surface area contributed by atoms with E-state index in [4.69, 9.17) is 37.0 Å². The molecule has 0 aromatic carbocycles. The van der Waals surface area contributed by atoms with Crippen LogP contribution in [0.25, 0.3) is 0 Å². The molecule has 17 nitrogen and oxygen atoms in total. The van der Waals surface area contributed by atoms with E-state index in [0.717, 1.165) is 95.8 Å². The fraction of sp³-hybridized carbons (Fsp3) is 0.952. The van der Waals surface area contributed by atoms with Crippen molar-refractivity contribution in [2.45, 2.75) is 470 Å². The lowest BCUT2D eigenvalue weighted by molar-refractivity contribution is -0.161. The van der Waals surface area contributed by atoms with E-state index in [2.05, 4.69) is 34.6 Å². The molecule has 0 saturated carbocycles. The largest absolute Gasteiger partial charge is 0.472 e. The van der Waals surface area contributed by atoms with Crippen LogP contribution in [-0.2, 0) is 65.4 Å². The summed E-state index contributed by atoms with van der Waals surface area (Å²) in [6.07, 6.45) is 69.4. The molecule has 0 aliphatic carbocycles. The number of aliphatic hydroxyl groups excluding tert-OH is 1. The van der Waals surface area contributed by atoms with Crippen LogP contribution in [0.3, 0.4) is 0 Å². The Kier molecular flexibility index (Phi) is 75.4. The van der Waals surface area contributed by atoms with Crippen LogP contribution in [0.2, 0.25) is 0 Å². The highest BCUT2D eigenvalue weighted by Crippen LogP contribution is 2.45. The Morgan fingerprint density at radius 1 is 0.262 bits per heavy atom. The van der Waals surface area contributed by atoms with Crippen LogP contribution in [-0.4, -0.2) is 96.7 Å². The third kappa shape index (κ3) is 78.0. The minimum absolute atomic E-state index is 0.108. The van der Waals surface area contributed by atoms with Gasteiger partial charge in [0.15, 0.2) is 12.2 Å². The molecule has 0 spiro atoms. The fourth-order valence-corrected chi connectivity index (χ4v) is 14.7. The average Bonchev–Trinajstić information content (AvgIpc) is 0.934. The number of unbranched alkanes of at least 4 members (excludes halogenated alkanes) is 56. The maximum absolute atomic E-state index is 13.1. The predicted octanol–water partition coefficient (Wildman–Crippen LogP) is 25.6. The van der Waals surface area contributed by atoms with Crippen molar-refractivity contribution in [1.82, 2.24) is 0 Å². The molecule has 0 aromatic rings. The number of hydrogen-bond acceptors (Lipinski definition) is 15. The SMILES string of the molecule is CCCCCCCCCCCCCCCCCCCCCCCCC(=O)O[C@H](COC(=O)CCCCCCCCCCCCCCCCCC(C)C)COP(=O)(O)OC[C@@H](O)COP(=O)(O)OC[C@@H](COC(=O)CCCCCCCCCCCCC)OC(=O)CCCCCCCCCCCCCC. The van der Waals surface area contributed by atoms with Gasteiger partial charge in [0.25, 0.3) is 0 Å². The molecule has 0 heterocycles. The molecule has 612 valence electrons. The van der Waals surface area contributed by atoms with Crippen molar-refractivity contribution >= 4 is 39.5 Å². The number of phosphoric ester groups is 2. The van der Waals surface area contributed by atoms with E-state index in [-0.39, 0.29) is 25.7 Å². The van der Waals surface area contributed by atoms with Crippen molar-refractivity contribution in [3.8, 4) is 0 Å². The van der Waals surface area contributed by atoms with Gasteiger partial charge in [0.2, 0.25) is 0 Å². The number of carbonyl (C=O) groups excluding carboxylic acids is 4. The normalized spacial score (nSPS) is 13.8. The third-order valence-electron chi connectivity index (χ3n) is 19.8. The second-order valence-electron chi connectivity index (χ2n) is 30.7. The molecule has 5 atom stereocenters. The second kappa shape index (κ2) is 76.8. The smallest absolute Gasteiger partial charge is 0.462 e. The molecule has 0 bridgehead atoms. The molecule has 0 rings (SSSR count). The van der Waals surface area contributed by atoms with Crippen molar-refractivity contribution < 1.29 is 80.2 Å². The van der Waals surface area contributed by atoms with Crippen molar-refractivity contribution in [2.24, 2.45) is 5.92 Å². The van der Waals surface area contributed by atoms with Gasteiger partial charge in [0.05, 0.1) is 26.4 Å². The van der Waals surface area contributed by atoms with Crippen LogP contribution in [0.5, 0.6) is 0 Å². The Balaban J connectivity index is 5.21. The van der Waals surface area contributed by atoms with Crippen molar-refractivity contribution in [3.05, 3.63) is 0 Å². The van der Waals surface area contributed by atoms with E-state index in [9.17, 15) is 43.2 Å². The Morgan fingerprint density at radius 3 is 0.660 bits per heavy atom. The molecular weight excluding hydrogens is 1340 g/mol. The minimum Gasteiger partial charge on any atom is -0.462 e. The number of hydrogen-bond donors (Lipinski definition) is 3. The van der Waals surface area contributed by atoms with E-state index in [1.165, 1.54) is 276 Å². The predicted molar refractivity (Wildman–Crippen MR) is 423 cm³/mol. The summed E-state index contributed by atoms with van der Waals surface area (Å²) < 4.78 is 68.8. The summed E-state index contributed by atoms with van der Waals surface area (Å²) in [5.74, 6) is -1.30. The van der Waals surface area contributed by atoms with E-state index in [1.54, 1.807) is 0 Å². The van der Waals surface area contributed by atoms with Crippen molar-refractivity contribution in [3.63, 3.8) is 0 Å². The molecule has 0 aromatic heterocycles. The lowest BCUT2D eigenvalue weighted by Gasteiger charge is -2.21. The van der Waals surface area contributed by atoms with E-state index in [0.29, 0.717) is 25.7 Å². The Bertz CT molecular complexity index is 1960. The van der Waals surface area contributed by atoms with Gasteiger partial charge in [-0.05, 0) is 31.6 Å². The van der Waals surface area contributed by atoms with Gasteiger partial charge in [-0.2, -0.15) is 0 Å². The Labute approximate surface area is 632 Å². The summed E-state index contributed by atoms with van der Waals surface area (Å²) in [7, 11) is -9.92. The number of aliphatic hydroxyl groups is 1. The van der Waals surface area contributed by atoms with Gasteiger partial charge in [-0.25, -0.2) is 9.13 Å². The van der Waals surface area contributed by atoms with Crippen LogP contribution < -0.4 is 0 Å². The first-order chi connectivity index (χ1) is 50.0. The summed E-state index contributed by atoms with van der Waals surface area (Å²) in [5.41, 5.74) is 0. The number of carbonyl (C=O) groups is 4. The van der Waals surface area contributed by atoms with E-state index >= 15 is 0 Å².